The summed E-state index contributed by atoms with van der Waals surface area (Å²) < 4.78 is 13.2. The smallest absolute Gasteiger partial charge is 0.124 e. The van der Waals surface area contributed by atoms with E-state index in [-0.39, 0.29) is 10.8 Å². The van der Waals surface area contributed by atoms with Gasteiger partial charge in [0.15, 0.2) is 0 Å². The third kappa shape index (κ3) is 4.61. The van der Waals surface area contributed by atoms with E-state index in [0.717, 1.165) is 12.1 Å². The second kappa shape index (κ2) is 7.31. The number of thiocarbonyl (C=S) groups is 1. The molecule has 1 aromatic carbocycles. The first-order valence-corrected chi connectivity index (χ1v) is 6.81. The third-order valence-corrected chi connectivity index (χ3v) is 3.11. The van der Waals surface area contributed by atoms with E-state index in [1.165, 1.54) is 31.4 Å². The molecule has 4 heteroatoms. The van der Waals surface area contributed by atoms with E-state index in [2.05, 4.69) is 19.2 Å². The van der Waals surface area contributed by atoms with Crippen molar-refractivity contribution in [3.63, 3.8) is 0 Å². The van der Waals surface area contributed by atoms with Crippen LogP contribution in [0.15, 0.2) is 18.2 Å². The summed E-state index contributed by atoms with van der Waals surface area (Å²) in [5, 5.41) is 3.34. The highest BCUT2D eigenvalue weighted by Gasteiger charge is 2.09. The summed E-state index contributed by atoms with van der Waals surface area (Å²) in [6.07, 6.45) is 4.72. The number of nitrogens with one attached hydrogen (secondary N) is 1. The van der Waals surface area contributed by atoms with Gasteiger partial charge in [-0.2, -0.15) is 0 Å². The van der Waals surface area contributed by atoms with Gasteiger partial charge < -0.3 is 11.1 Å². The normalized spacial score (nSPS) is 12.2. The van der Waals surface area contributed by atoms with E-state index in [0.29, 0.717) is 11.6 Å². The average Bonchev–Trinajstić information content (AvgIpc) is 2.31. The lowest BCUT2D eigenvalue weighted by atomic mass is 10.1. The summed E-state index contributed by atoms with van der Waals surface area (Å²) in [5.41, 5.74) is 6.99. The Balaban J connectivity index is 2.68. The number of rotatable bonds is 7. The Bertz CT molecular complexity index is 407. The molecule has 0 aliphatic heterocycles. The molecule has 0 aliphatic carbocycles. The van der Waals surface area contributed by atoms with E-state index < -0.39 is 0 Å². The van der Waals surface area contributed by atoms with Crippen LogP contribution in [-0.2, 0) is 0 Å². The Morgan fingerprint density at radius 1 is 1.44 bits per heavy atom. The third-order valence-electron chi connectivity index (χ3n) is 2.89. The second-order valence-electron chi connectivity index (χ2n) is 4.60. The van der Waals surface area contributed by atoms with Gasteiger partial charge in [-0.1, -0.05) is 38.4 Å². The molecule has 18 heavy (non-hydrogen) atoms. The molecule has 3 N–H and O–H groups in total. The monoisotopic (exact) mass is 268 g/mol. The predicted molar refractivity (Wildman–Crippen MR) is 79.5 cm³/mol. The van der Waals surface area contributed by atoms with Crippen LogP contribution in [-0.4, -0.2) is 11.0 Å². The molecule has 0 saturated carbocycles. The van der Waals surface area contributed by atoms with Crippen LogP contribution >= 0.6 is 12.2 Å². The van der Waals surface area contributed by atoms with Gasteiger partial charge in [-0.05, 0) is 31.5 Å². The van der Waals surface area contributed by atoms with Gasteiger partial charge in [-0.25, -0.2) is 4.39 Å². The lowest BCUT2D eigenvalue weighted by Crippen LogP contribution is -2.19. The van der Waals surface area contributed by atoms with Crippen molar-refractivity contribution in [2.24, 2.45) is 5.73 Å². The largest absolute Gasteiger partial charge is 0.389 e. The van der Waals surface area contributed by atoms with Crippen LogP contribution < -0.4 is 11.1 Å². The van der Waals surface area contributed by atoms with E-state index in [1.807, 2.05) is 0 Å². The van der Waals surface area contributed by atoms with Crippen molar-refractivity contribution in [3.05, 3.63) is 29.6 Å². The first-order chi connectivity index (χ1) is 8.54. The van der Waals surface area contributed by atoms with Crippen molar-refractivity contribution >= 4 is 22.9 Å². The van der Waals surface area contributed by atoms with Crippen LogP contribution in [0.4, 0.5) is 10.1 Å². The Morgan fingerprint density at radius 2 is 2.17 bits per heavy atom. The van der Waals surface area contributed by atoms with Gasteiger partial charge in [0.2, 0.25) is 0 Å². The number of benzene rings is 1. The molecule has 0 aliphatic rings. The fourth-order valence-electron chi connectivity index (χ4n) is 1.88. The van der Waals surface area contributed by atoms with Crippen LogP contribution in [0.5, 0.6) is 0 Å². The molecule has 1 rings (SSSR count). The minimum atomic E-state index is -0.318. The molecule has 0 heterocycles. The molecule has 2 nitrogen and oxygen atoms in total. The Labute approximate surface area is 114 Å². The quantitative estimate of drug-likeness (QED) is 0.583. The van der Waals surface area contributed by atoms with Crippen LogP contribution in [0.2, 0.25) is 0 Å². The zero-order chi connectivity index (χ0) is 13.5. The highest BCUT2D eigenvalue weighted by atomic mass is 32.1. The summed E-state index contributed by atoms with van der Waals surface area (Å²) >= 11 is 4.94. The average molecular weight is 268 g/mol. The maximum Gasteiger partial charge on any atom is 0.124 e. The topological polar surface area (TPSA) is 38.0 Å². The van der Waals surface area contributed by atoms with E-state index in [4.69, 9.17) is 18.0 Å². The van der Waals surface area contributed by atoms with Gasteiger partial charge in [-0.15, -0.1) is 0 Å². The zero-order valence-electron chi connectivity index (χ0n) is 11.0. The van der Waals surface area contributed by atoms with Crippen molar-refractivity contribution in [2.75, 3.05) is 5.32 Å². The SMILES string of the molecule is CCCCCC(C)Nc1ccc(F)cc1C(N)=S. The van der Waals surface area contributed by atoms with Crippen LogP contribution in [0.1, 0.15) is 45.1 Å². The predicted octanol–water partition coefficient (Wildman–Crippen LogP) is 3.84. The molecular formula is C14H21FN2S. The molecule has 1 aromatic rings. The van der Waals surface area contributed by atoms with Gasteiger partial charge in [-0.3, -0.25) is 0 Å². The molecule has 0 spiro atoms. The molecule has 0 radical (unpaired) electrons. The summed E-state index contributed by atoms with van der Waals surface area (Å²) in [6.45, 7) is 4.30. The van der Waals surface area contributed by atoms with Crippen molar-refractivity contribution in [1.82, 2.24) is 0 Å². The van der Waals surface area contributed by atoms with Gasteiger partial charge in [0.1, 0.15) is 10.8 Å². The van der Waals surface area contributed by atoms with Crippen molar-refractivity contribution in [1.29, 1.82) is 0 Å². The molecule has 0 fully saturated rings. The van der Waals surface area contributed by atoms with Gasteiger partial charge in [0, 0.05) is 17.3 Å². The molecule has 100 valence electrons. The first-order valence-electron chi connectivity index (χ1n) is 6.40. The van der Waals surface area contributed by atoms with Crippen molar-refractivity contribution in [2.45, 2.75) is 45.6 Å². The summed E-state index contributed by atoms with van der Waals surface area (Å²) in [4.78, 5) is 0.220. The van der Waals surface area contributed by atoms with E-state index in [9.17, 15) is 4.39 Å². The van der Waals surface area contributed by atoms with Gasteiger partial charge in [0.25, 0.3) is 0 Å². The fourth-order valence-corrected chi connectivity index (χ4v) is 2.05. The fraction of sp³-hybridized carbons (Fsp3) is 0.500. The lowest BCUT2D eigenvalue weighted by molar-refractivity contribution is 0.613. The van der Waals surface area contributed by atoms with Gasteiger partial charge >= 0.3 is 0 Å². The minimum Gasteiger partial charge on any atom is -0.389 e. The minimum absolute atomic E-state index is 0.220. The maximum absolute atomic E-state index is 13.2. The highest BCUT2D eigenvalue weighted by molar-refractivity contribution is 7.80. The molecule has 0 aromatic heterocycles. The Hall–Kier alpha value is -1.16. The number of anilines is 1. The lowest BCUT2D eigenvalue weighted by Gasteiger charge is -2.17. The number of halogens is 1. The molecule has 0 amide bonds. The number of unbranched alkanes of at least 4 members (excludes halogenated alkanes) is 2. The summed E-state index contributed by atoms with van der Waals surface area (Å²) in [5.74, 6) is -0.318. The van der Waals surface area contributed by atoms with Crippen LogP contribution in [0.25, 0.3) is 0 Å². The molecule has 1 unspecified atom stereocenters. The summed E-state index contributed by atoms with van der Waals surface area (Å²) in [7, 11) is 0. The molecular weight excluding hydrogens is 247 g/mol. The van der Waals surface area contributed by atoms with Crippen LogP contribution in [0, 0.1) is 5.82 Å². The number of nitrogens with two attached hydrogens (primary N) is 1. The Morgan fingerprint density at radius 3 is 2.78 bits per heavy atom. The maximum atomic E-state index is 13.2. The standard InChI is InChI=1S/C14H21FN2S/c1-3-4-5-6-10(2)17-13-8-7-11(15)9-12(13)14(16)18/h7-10,17H,3-6H2,1-2H3,(H2,16,18). The first kappa shape index (κ1) is 14.9. The zero-order valence-corrected chi connectivity index (χ0v) is 11.8. The van der Waals surface area contributed by atoms with Gasteiger partial charge in [0.05, 0.1) is 0 Å². The Kier molecular flexibility index (Phi) is 6.05. The van der Waals surface area contributed by atoms with E-state index in [1.54, 1.807) is 6.07 Å². The number of hydrogen-bond donors (Lipinski definition) is 2. The van der Waals surface area contributed by atoms with Crippen molar-refractivity contribution in [3.8, 4) is 0 Å². The summed E-state index contributed by atoms with van der Waals surface area (Å²) in [6, 6.07) is 4.82. The molecule has 1 atom stereocenters. The van der Waals surface area contributed by atoms with Crippen LogP contribution in [0.3, 0.4) is 0 Å². The molecule has 0 bridgehead atoms. The second-order valence-corrected chi connectivity index (χ2v) is 5.04. The van der Waals surface area contributed by atoms with E-state index >= 15 is 0 Å². The molecule has 0 saturated heterocycles. The highest BCUT2D eigenvalue weighted by Crippen LogP contribution is 2.19. The van der Waals surface area contributed by atoms with Crippen molar-refractivity contribution < 1.29 is 4.39 Å². The number of hydrogen-bond acceptors (Lipinski definition) is 2.